The number of fused-ring (bicyclic) bond motifs is 2. The van der Waals surface area contributed by atoms with Crippen molar-refractivity contribution in [2.24, 2.45) is 0 Å². The van der Waals surface area contributed by atoms with Crippen molar-refractivity contribution < 1.29 is 14.0 Å². The maximum atomic E-state index is 13.4. The molecule has 3 aromatic rings. The molecule has 0 aromatic carbocycles. The lowest BCUT2D eigenvalue weighted by atomic mass is 9.93. The van der Waals surface area contributed by atoms with Gasteiger partial charge < -0.3 is 19.2 Å². The van der Waals surface area contributed by atoms with Crippen LogP contribution in [0, 0.1) is 0 Å². The van der Waals surface area contributed by atoms with Gasteiger partial charge in [-0.2, -0.15) is 9.61 Å². The van der Waals surface area contributed by atoms with E-state index in [4.69, 9.17) is 4.42 Å². The van der Waals surface area contributed by atoms with E-state index in [0.717, 1.165) is 6.42 Å². The van der Waals surface area contributed by atoms with Crippen molar-refractivity contribution in [1.29, 1.82) is 0 Å². The minimum Gasteiger partial charge on any atom is -0.467 e. The molecule has 9 heteroatoms. The van der Waals surface area contributed by atoms with E-state index in [2.05, 4.69) is 10.4 Å². The molecule has 0 saturated heterocycles. The number of hydrogen-bond donors (Lipinski definition) is 1. The van der Waals surface area contributed by atoms with E-state index in [-0.39, 0.29) is 54.2 Å². The molecule has 4 heterocycles. The summed E-state index contributed by atoms with van der Waals surface area (Å²) in [7, 11) is 0. The van der Waals surface area contributed by atoms with Gasteiger partial charge in [0.1, 0.15) is 23.6 Å². The molecule has 1 unspecified atom stereocenters. The second-order valence-corrected chi connectivity index (χ2v) is 9.39. The molecule has 170 valence electrons. The summed E-state index contributed by atoms with van der Waals surface area (Å²) in [5.74, 6) is 0.105. The van der Waals surface area contributed by atoms with Gasteiger partial charge in [-0.1, -0.05) is 27.7 Å². The number of carbonyl (C=O) groups is 2. The summed E-state index contributed by atoms with van der Waals surface area (Å²) >= 11 is 0. The standard InChI is InChI=1S/C23H29N5O4/c1-6-14(2)24-18(29)13-27-19-10-17(23(3,4)5)25-28(19)21(30)16-12-26(22(31)20(16)27)11-15-8-7-9-32-15/h7-10,14H,6,11-13H2,1-5H3,(H,24,29). The van der Waals surface area contributed by atoms with Crippen LogP contribution in [0.1, 0.15) is 68.5 Å². The second kappa shape index (κ2) is 7.96. The van der Waals surface area contributed by atoms with E-state index in [1.165, 1.54) is 4.52 Å². The maximum Gasteiger partial charge on any atom is 0.280 e. The third-order valence-corrected chi connectivity index (χ3v) is 5.83. The van der Waals surface area contributed by atoms with Crippen LogP contribution in [0.3, 0.4) is 0 Å². The predicted molar refractivity (Wildman–Crippen MR) is 118 cm³/mol. The molecule has 2 amide bonds. The molecule has 9 nitrogen and oxygen atoms in total. The predicted octanol–water partition coefficient (Wildman–Crippen LogP) is 2.46. The monoisotopic (exact) mass is 439 g/mol. The SMILES string of the molecule is CCC(C)NC(=O)Cn1c2c(c(=O)n3nc(C(C)(C)C)cc13)CN(Cc1ccco1)C2=O. The lowest BCUT2D eigenvalue weighted by Crippen LogP contribution is -2.36. The van der Waals surface area contributed by atoms with E-state index < -0.39 is 0 Å². The van der Waals surface area contributed by atoms with Gasteiger partial charge in [-0.05, 0) is 25.5 Å². The van der Waals surface area contributed by atoms with Crippen molar-refractivity contribution in [2.75, 3.05) is 0 Å². The Labute approximate surface area is 186 Å². The Kier molecular flexibility index (Phi) is 5.44. The first-order valence-corrected chi connectivity index (χ1v) is 10.9. The quantitative estimate of drug-likeness (QED) is 0.636. The summed E-state index contributed by atoms with van der Waals surface area (Å²) in [5, 5.41) is 7.48. The fourth-order valence-corrected chi connectivity index (χ4v) is 3.83. The minimum absolute atomic E-state index is 0.00662. The van der Waals surface area contributed by atoms with Gasteiger partial charge in [-0.25, -0.2) is 0 Å². The van der Waals surface area contributed by atoms with Crippen molar-refractivity contribution in [2.45, 2.75) is 72.1 Å². The number of aromatic nitrogens is 3. The largest absolute Gasteiger partial charge is 0.467 e. The van der Waals surface area contributed by atoms with Crippen LogP contribution in [0.25, 0.3) is 5.65 Å². The summed E-state index contributed by atoms with van der Waals surface area (Å²) < 4.78 is 8.32. The van der Waals surface area contributed by atoms with Crippen LogP contribution in [0.5, 0.6) is 0 Å². The second-order valence-electron chi connectivity index (χ2n) is 9.39. The summed E-state index contributed by atoms with van der Waals surface area (Å²) in [6.45, 7) is 10.2. The van der Waals surface area contributed by atoms with Crippen molar-refractivity contribution in [1.82, 2.24) is 24.4 Å². The highest BCUT2D eigenvalue weighted by molar-refractivity contribution is 5.97. The molecule has 32 heavy (non-hydrogen) atoms. The lowest BCUT2D eigenvalue weighted by Gasteiger charge is -2.17. The Bertz CT molecular complexity index is 1230. The van der Waals surface area contributed by atoms with Gasteiger partial charge >= 0.3 is 0 Å². The lowest BCUT2D eigenvalue weighted by molar-refractivity contribution is -0.122. The van der Waals surface area contributed by atoms with Gasteiger partial charge in [-0.3, -0.25) is 14.4 Å². The summed E-state index contributed by atoms with van der Waals surface area (Å²) in [4.78, 5) is 41.0. The molecule has 1 aliphatic heterocycles. The van der Waals surface area contributed by atoms with Crippen LogP contribution in [0.15, 0.2) is 33.7 Å². The number of rotatable bonds is 6. The smallest absolute Gasteiger partial charge is 0.280 e. The molecule has 0 saturated carbocycles. The molecule has 1 N–H and O–H groups in total. The zero-order valence-electron chi connectivity index (χ0n) is 19.1. The highest BCUT2D eigenvalue weighted by Gasteiger charge is 2.36. The molecule has 0 spiro atoms. The first-order chi connectivity index (χ1) is 15.1. The molecule has 4 rings (SSSR count). The van der Waals surface area contributed by atoms with Crippen LogP contribution >= 0.6 is 0 Å². The van der Waals surface area contributed by atoms with Crippen LogP contribution in [-0.4, -0.2) is 36.9 Å². The van der Waals surface area contributed by atoms with E-state index in [1.54, 1.807) is 33.9 Å². The zero-order chi connectivity index (χ0) is 23.2. The normalized spacial score (nSPS) is 14.8. The molecule has 0 radical (unpaired) electrons. The number of nitrogens with zero attached hydrogens (tertiary/aromatic N) is 4. The van der Waals surface area contributed by atoms with E-state index in [1.807, 2.05) is 34.6 Å². The summed E-state index contributed by atoms with van der Waals surface area (Å²) in [5.41, 5.74) is 1.11. The number of furan rings is 1. The van der Waals surface area contributed by atoms with Crippen LogP contribution in [-0.2, 0) is 29.8 Å². The average molecular weight is 440 g/mol. The van der Waals surface area contributed by atoms with Crippen LogP contribution in [0.2, 0.25) is 0 Å². The van der Waals surface area contributed by atoms with Gasteiger partial charge in [-0.15, -0.1) is 0 Å². The van der Waals surface area contributed by atoms with Crippen molar-refractivity contribution in [3.8, 4) is 0 Å². The molecule has 0 bridgehead atoms. The summed E-state index contributed by atoms with van der Waals surface area (Å²) in [6, 6.07) is 5.33. The maximum absolute atomic E-state index is 13.4. The van der Waals surface area contributed by atoms with Gasteiger partial charge in [0.2, 0.25) is 5.91 Å². The molecule has 0 fully saturated rings. The fourth-order valence-electron chi connectivity index (χ4n) is 3.83. The van der Waals surface area contributed by atoms with E-state index in [9.17, 15) is 14.4 Å². The van der Waals surface area contributed by atoms with Gasteiger partial charge in [0.15, 0.2) is 0 Å². The number of hydrogen-bond acceptors (Lipinski definition) is 5. The third kappa shape index (κ3) is 3.83. The Morgan fingerprint density at radius 2 is 2.06 bits per heavy atom. The van der Waals surface area contributed by atoms with Gasteiger partial charge in [0, 0.05) is 17.5 Å². The van der Waals surface area contributed by atoms with Crippen LogP contribution in [0.4, 0.5) is 0 Å². The topological polar surface area (TPSA) is 102 Å². The highest BCUT2D eigenvalue weighted by Crippen LogP contribution is 2.27. The third-order valence-electron chi connectivity index (χ3n) is 5.83. The van der Waals surface area contributed by atoms with Gasteiger partial charge in [0.25, 0.3) is 11.5 Å². The number of carbonyl (C=O) groups excluding carboxylic acids is 2. The zero-order valence-corrected chi connectivity index (χ0v) is 19.1. The van der Waals surface area contributed by atoms with Crippen LogP contribution < -0.4 is 10.9 Å². The molecule has 3 aromatic heterocycles. The molecular formula is C23H29N5O4. The number of nitrogens with one attached hydrogen (secondary N) is 1. The van der Waals surface area contributed by atoms with Crippen molar-refractivity contribution in [3.05, 3.63) is 57.5 Å². The van der Waals surface area contributed by atoms with Gasteiger partial charge in [0.05, 0.1) is 30.6 Å². The Balaban J connectivity index is 1.83. The first kappa shape index (κ1) is 21.9. The Morgan fingerprint density at radius 1 is 1.31 bits per heavy atom. The molecule has 1 aliphatic rings. The molecular weight excluding hydrogens is 410 g/mol. The minimum atomic E-state index is -0.334. The van der Waals surface area contributed by atoms with E-state index in [0.29, 0.717) is 22.7 Å². The number of amides is 2. The summed E-state index contributed by atoms with van der Waals surface area (Å²) in [6.07, 6.45) is 2.34. The average Bonchev–Trinajstić information content (AvgIpc) is 3.45. The van der Waals surface area contributed by atoms with E-state index >= 15 is 0 Å². The molecule has 1 atom stereocenters. The molecule has 0 aliphatic carbocycles. The Morgan fingerprint density at radius 3 is 2.69 bits per heavy atom. The Hall–Kier alpha value is -3.36. The highest BCUT2D eigenvalue weighted by atomic mass is 16.3. The van der Waals surface area contributed by atoms with Crippen molar-refractivity contribution >= 4 is 17.5 Å². The first-order valence-electron chi connectivity index (χ1n) is 10.9. The van der Waals surface area contributed by atoms with Crippen molar-refractivity contribution in [3.63, 3.8) is 0 Å². The fraction of sp³-hybridized carbons (Fsp3) is 0.478.